The summed E-state index contributed by atoms with van der Waals surface area (Å²) in [5.41, 5.74) is 0.368. The van der Waals surface area contributed by atoms with Gasteiger partial charge in [0.1, 0.15) is 24.0 Å². The van der Waals surface area contributed by atoms with Gasteiger partial charge in [0.2, 0.25) is 0 Å². The zero-order valence-electron chi connectivity index (χ0n) is 15.6. The van der Waals surface area contributed by atoms with Gasteiger partial charge in [-0.2, -0.15) is 0 Å². The van der Waals surface area contributed by atoms with Crippen LogP contribution in [0.4, 0.5) is 4.79 Å². The summed E-state index contributed by atoms with van der Waals surface area (Å²) in [5, 5.41) is 12.8. The molecule has 1 heterocycles. The Morgan fingerprint density at radius 3 is 2.32 bits per heavy atom. The van der Waals surface area contributed by atoms with Gasteiger partial charge < -0.3 is 15.2 Å². The van der Waals surface area contributed by atoms with E-state index in [0.717, 1.165) is 4.90 Å². The van der Waals surface area contributed by atoms with E-state index in [9.17, 15) is 14.7 Å². The first-order chi connectivity index (χ1) is 11.6. The molecule has 0 bridgehead atoms. The van der Waals surface area contributed by atoms with Gasteiger partial charge in [-0.15, -0.1) is 0 Å². The Hall–Kier alpha value is -2.08. The number of urea groups is 1. The van der Waals surface area contributed by atoms with E-state index < -0.39 is 17.7 Å². The highest BCUT2D eigenvalue weighted by molar-refractivity contribution is 6.06. The third-order valence-electron chi connectivity index (χ3n) is 4.61. The molecular formula is C19H28N2O4. The molecule has 1 aromatic rings. The van der Waals surface area contributed by atoms with Gasteiger partial charge in [-0.1, -0.05) is 39.8 Å². The van der Waals surface area contributed by atoms with Gasteiger partial charge in [-0.25, -0.2) is 4.79 Å². The van der Waals surface area contributed by atoms with E-state index in [0.29, 0.717) is 12.2 Å². The number of carbonyl (C=O) groups excluding carboxylic acids is 2. The minimum Gasteiger partial charge on any atom is -0.491 e. The lowest BCUT2D eigenvalue weighted by Gasteiger charge is -2.21. The molecule has 0 radical (unpaired) electrons. The number of hydrogen-bond donors (Lipinski definition) is 2. The topological polar surface area (TPSA) is 78.9 Å². The second kappa shape index (κ2) is 7.04. The molecule has 1 saturated heterocycles. The third kappa shape index (κ3) is 4.31. The molecular weight excluding hydrogens is 320 g/mol. The Kier molecular flexibility index (Phi) is 5.42. The van der Waals surface area contributed by atoms with Crippen molar-refractivity contribution in [2.24, 2.45) is 0 Å². The van der Waals surface area contributed by atoms with E-state index in [1.807, 2.05) is 31.2 Å². The predicted molar refractivity (Wildman–Crippen MR) is 95.6 cm³/mol. The summed E-state index contributed by atoms with van der Waals surface area (Å²) >= 11 is 0. The maximum absolute atomic E-state index is 12.3. The lowest BCUT2D eigenvalue weighted by Crippen LogP contribution is -2.44. The number of aliphatic hydroxyl groups is 1. The lowest BCUT2D eigenvalue weighted by molar-refractivity contribution is -0.132. The lowest BCUT2D eigenvalue weighted by atomic mass is 9.87. The fourth-order valence-electron chi connectivity index (χ4n) is 2.66. The minimum atomic E-state index is -0.948. The van der Waals surface area contributed by atoms with Gasteiger partial charge in [0.15, 0.2) is 0 Å². The van der Waals surface area contributed by atoms with Gasteiger partial charge in [0.25, 0.3) is 5.91 Å². The molecule has 1 aliphatic rings. The number of aliphatic hydroxyl groups excluding tert-OH is 1. The first kappa shape index (κ1) is 19.2. The minimum absolute atomic E-state index is 0.00869. The number of ether oxygens (including phenoxy) is 1. The molecule has 138 valence electrons. The number of β-amino-alcohol motifs (C(OH)–C–C–N with tert-alkyl or cyclic N) is 1. The highest BCUT2D eigenvalue weighted by Crippen LogP contribution is 2.24. The van der Waals surface area contributed by atoms with Crippen molar-refractivity contribution in [1.29, 1.82) is 0 Å². The Bertz CT molecular complexity index is 636. The largest absolute Gasteiger partial charge is 0.491 e. The summed E-state index contributed by atoms with van der Waals surface area (Å²) in [5.74, 6) is 0.330. The average Bonchev–Trinajstić information content (AvgIpc) is 2.76. The predicted octanol–water partition coefficient (Wildman–Crippen LogP) is 2.44. The van der Waals surface area contributed by atoms with Crippen molar-refractivity contribution in [1.82, 2.24) is 10.2 Å². The summed E-state index contributed by atoms with van der Waals surface area (Å²) < 4.78 is 5.57. The van der Waals surface area contributed by atoms with E-state index in [4.69, 9.17) is 4.74 Å². The van der Waals surface area contributed by atoms with Crippen LogP contribution in [-0.4, -0.2) is 46.7 Å². The van der Waals surface area contributed by atoms with Crippen LogP contribution in [0.1, 0.15) is 46.6 Å². The standard InChI is InChI=1S/C19H28N2O4/c1-6-19(5)16(23)21(17(24)20-19)11-14(22)12-25-15-9-7-13(8-10-15)18(2,3)4/h7-10,14,22H,6,11-12H2,1-5H3,(H,20,24)/t14-,19+/m1/s1. The van der Waals surface area contributed by atoms with Crippen LogP contribution < -0.4 is 10.1 Å². The number of nitrogens with one attached hydrogen (secondary N) is 1. The molecule has 2 rings (SSSR count). The molecule has 0 aromatic heterocycles. The Morgan fingerprint density at radius 1 is 1.24 bits per heavy atom. The zero-order chi connectivity index (χ0) is 18.8. The fraction of sp³-hybridized carbons (Fsp3) is 0.579. The summed E-state index contributed by atoms with van der Waals surface area (Å²) in [6.07, 6.45) is -0.447. The number of hydrogen-bond acceptors (Lipinski definition) is 4. The zero-order valence-corrected chi connectivity index (χ0v) is 15.6. The molecule has 1 aliphatic heterocycles. The van der Waals surface area contributed by atoms with E-state index in [-0.39, 0.29) is 24.5 Å². The molecule has 6 heteroatoms. The van der Waals surface area contributed by atoms with E-state index in [1.54, 1.807) is 6.92 Å². The van der Waals surface area contributed by atoms with Crippen LogP contribution in [-0.2, 0) is 10.2 Å². The van der Waals surface area contributed by atoms with Gasteiger partial charge in [-0.3, -0.25) is 9.69 Å². The number of benzene rings is 1. The molecule has 2 atom stereocenters. The first-order valence-electron chi connectivity index (χ1n) is 8.62. The molecule has 0 saturated carbocycles. The number of amides is 3. The first-order valence-corrected chi connectivity index (χ1v) is 8.62. The number of nitrogens with zero attached hydrogens (tertiary/aromatic N) is 1. The molecule has 1 fully saturated rings. The van der Waals surface area contributed by atoms with Gasteiger partial charge in [0.05, 0.1) is 6.54 Å². The summed E-state index contributed by atoms with van der Waals surface area (Å²) in [4.78, 5) is 25.3. The monoisotopic (exact) mass is 348 g/mol. The van der Waals surface area contributed by atoms with Crippen LogP contribution in [0.5, 0.6) is 5.75 Å². The molecule has 2 N–H and O–H groups in total. The second-order valence-electron chi connectivity index (χ2n) is 7.77. The van der Waals surface area contributed by atoms with Crippen LogP contribution >= 0.6 is 0 Å². The Labute approximate surface area is 149 Å². The van der Waals surface area contributed by atoms with Gasteiger partial charge >= 0.3 is 6.03 Å². The third-order valence-corrected chi connectivity index (χ3v) is 4.61. The second-order valence-corrected chi connectivity index (χ2v) is 7.77. The Balaban J connectivity index is 1.90. The quantitative estimate of drug-likeness (QED) is 0.774. The fourth-order valence-corrected chi connectivity index (χ4v) is 2.66. The molecule has 25 heavy (non-hydrogen) atoms. The molecule has 1 aromatic carbocycles. The van der Waals surface area contributed by atoms with Gasteiger partial charge in [-0.05, 0) is 36.5 Å². The highest BCUT2D eigenvalue weighted by Gasteiger charge is 2.46. The van der Waals surface area contributed by atoms with Crippen molar-refractivity contribution >= 4 is 11.9 Å². The van der Waals surface area contributed by atoms with Crippen LogP contribution in [0.15, 0.2) is 24.3 Å². The van der Waals surface area contributed by atoms with Crippen LogP contribution in [0.2, 0.25) is 0 Å². The smallest absolute Gasteiger partial charge is 0.325 e. The van der Waals surface area contributed by atoms with Crippen molar-refractivity contribution in [3.05, 3.63) is 29.8 Å². The average molecular weight is 348 g/mol. The van der Waals surface area contributed by atoms with Crippen molar-refractivity contribution in [2.75, 3.05) is 13.2 Å². The number of imide groups is 1. The molecule has 0 spiro atoms. The summed E-state index contributed by atoms with van der Waals surface area (Å²) in [6.45, 7) is 9.85. The maximum atomic E-state index is 12.3. The molecule has 0 aliphatic carbocycles. The van der Waals surface area contributed by atoms with E-state index in [2.05, 4.69) is 26.1 Å². The number of rotatable bonds is 6. The van der Waals surface area contributed by atoms with Crippen molar-refractivity contribution in [3.8, 4) is 5.75 Å². The van der Waals surface area contributed by atoms with Gasteiger partial charge in [0, 0.05) is 0 Å². The summed E-state index contributed by atoms with van der Waals surface area (Å²) in [7, 11) is 0. The van der Waals surface area contributed by atoms with E-state index >= 15 is 0 Å². The SMILES string of the molecule is CC[C@]1(C)NC(=O)N(C[C@@H](O)COc2ccc(C(C)(C)C)cc2)C1=O. The van der Waals surface area contributed by atoms with Crippen molar-refractivity contribution in [2.45, 2.75) is 58.1 Å². The normalized spacial score (nSPS) is 22.1. The molecule has 6 nitrogen and oxygen atoms in total. The highest BCUT2D eigenvalue weighted by atomic mass is 16.5. The van der Waals surface area contributed by atoms with Crippen molar-refractivity contribution in [3.63, 3.8) is 0 Å². The maximum Gasteiger partial charge on any atom is 0.325 e. The van der Waals surface area contributed by atoms with Crippen LogP contribution in [0.25, 0.3) is 0 Å². The molecule has 3 amide bonds. The molecule has 0 unspecified atom stereocenters. The van der Waals surface area contributed by atoms with Crippen LogP contribution in [0.3, 0.4) is 0 Å². The Morgan fingerprint density at radius 2 is 1.84 bits per heavy atom. The van der Waals surface area contributed by atoms with Crippen LogP contribution in [0, 0.1) is 0 Å². The van der Waals surface area contributed by atoms with Crippen molar-refractivity contribution < 1.29 is 19.4 Å². The summed E-state index contributed by atoms with van der Waals surface area (Å²) in [6, 6.07) is 7.23. The van der Waals surface area contributed by atoms with E-state index in [1.165, 1.54) is 5.56 Å². The number of carbonyl (C=O) groups is 2.